The van der Waals surface area contributed by atoms with Crippen LogP contribution in [0.15, 0.2) is 83.8 Å². The molecular formula is C30H25F4NO5S. The second-order valence-corrected chi connectivity index (χ2v) is 11.2. The molecular weight excluding hydrogens is 562 g/mol. The molecule has 6 nitrogen and oxygen atoms in total. The summed E-state index contributed by atoms with van der Waals surface area (Å²) in [7, 11) is -4.34. The second-order valence-electron chi connectivity index (χ2n) is 9.23. The number of aromatic carboxylic acids is 1. The summed E-state index contributed by atoms with van der Waals surface area (Å²) in [5, 5.41) is 9.45. The Balaban J connectivity index is 1.55. The van der Waals surface area contributed by atoms with Crippen LogP contribution in [0.25, 0.3) is 0 Å². The number of ether oxygens (including phenoxy) is 1. The van der Waals surface area contributed by atoms with E-state index in [9.17, 15) is 35.9 Å². The molecule has 0 atom stereocenters. The molecule has 0 fully saturated rings. The Hall–Kier alpha value is -4.22. The van der Waals surface area contributed by atoms with Gasteiger partial charge in [0.25, 0.3) is 0 Å². The normalized spacial score (nSPS) is 11.6. The van der Waals surface area contributed by atoms with Gasteiger partial charge in [0.15, 0.2) is 23.3 Å². The third kappa shape index (κ3) is 6.93. The van der Waals surface area contributed by atoms with E-state index >= 15 is 0 Å². The van der Waals surface area contributed by atoms with Crippen LogP contribution in [0.1, 0.15) is 32.6 Å². The van der Waals surface area contributed by atoms with Crippen LogP contribution in [0.3, 0.4) is 0 Å². The van der Waals surface area contributed by atoms with Crippen LogP contribution in [0, 0.1) is 30.2 Å². The van der Waals surface area contributed by atoms with Crippen LogP contribution in [0.5, 0.6) is 5.75 Å². The zero-order valence-electron chi connectivity index (χ0n) is 21.8. The first-order valence-electron chi connectivity index (χ1n) is 12.4. The first-order valence-corrected chi connectivity index (χ1v) is 13.8. The Labute approximate surface area is 234 Å². The molecule has 0 amide bonds. The number of hydrogen-bond acceptors (Lipinski definition) is 4. The Morgan fingerprint density at radius 2 is 1.46 bits per heavy atom. The van der Waals surface area contributed by atoms with E-state index in [4.69, 9.17) is 4.74 Å². The molecule has 11 heteroatoms. The van der Waals surface area contributed by atoms with Crippen molar-refractivity contribution in [2.24, 2.45) is 0 Å². The fraction of sp³-hybridized carbons (Fsp3) is 0.167. The summed E-state index contributed by atoms with van der Waals surface area (Å²) in [5.41, 5.74) is 0.691. The third-order valence-corrected chi connectivity index (χ3v) is 8.30. The lowest BCUT2D eigenvalue weighted by Gasteiger charge is -2.23. The predicted octanol–water partition coefficient (Wildman–Crippen LogP) is 6.26. The summed E-state index contributed by atoms with van der Waals surface area (Å²) < 4.78 is 89.3. The number of carboxylic acids is 1. The minimum atomic E-state index is -4.34. The van der Waals surface area contributed by atoms with Crippen LogP contribution >= 0.6 is 0 Å². The van der Waals surface area contributed by atoms with Gasteiger partial charge in [0.05, 0.1) is 10.5 Å². The van der Waals surface area contributed by atoms with Crippen LogP contribution in [0.2, 0.25) is 0 Å². The van der Waals surface area contributed by atoms with E-state index in [0.717, 1.165) is 22.5 Å². The SMILES string of the molecule is Cc1ccc(S(=O)(=O)N(CCc2ccc(OCc3cccc(F)c3F)cc2)Cc2cccc(F)c2F)cc1C(=O)O. The lowest BCUT2D eigenvalue weighted by molar-refractivity contribution is 0.0695. The average molecular weight is 588 g/mol. The van der Waals surface area contributed by atoms with E-state index < -0.39 is 45.8 Å². The van der Waals surface area contributed by atoms with Crippen molar-refractivity contribution in [2.75, 3.05) is 6.54 Å². The van der Waals surface area contributed by atoms with Crippen LogP contribution in [-0.4, -0.2) is 30.3 Å². The van der Waals surface area contributed by atoms with Gasteiger partial charge in [0, 0.05) is 24.2 Å². The molecule has 0 aliphatic heterocycles. The summed E-state index contributed by atoms with van der Waals surface area (Å²) in [6.07, 6.45) is 0.159. The van der Waals surface area contributed by atoms with Gasteiger partial charge in [-0.1, -0.05) is 42.5 Å². The molecule has 41 heavy (non-hydrogen) atoms. The monoisotopic (exact) mass is 587 g/mol. The number of carboxylic acid groups (broad SMARTS) is 1. The van der Waals surface area contributed by atoms with Crippen molar-refractivity contribution >= 4 is 16.0 Å². The van der Waals surface area contributed by atoms with E-state index in [0.29, 0.717) is 16.9 Å². The molecule has 0 spiro atoms. The molecule has 0 aromatic heterocycles. The minimum Gasteiger partial charge on any atom is -0.489 e. The Morgan fingerprint density at radius 3 is 2.10 bits per heavy atom. The van der Waals surface area contributed by atoms with Crippen LogP contribution in [-0.2, 0) is 29.6 Å². The van der Waals surface area contributed by atoms with E-state index in [1.54, 1.807) is 24.3 Å². The molecule has 0 heterocycles. The molecule has 0 unspecified atom stereocenters. The van der Waals surface area contributed by atoms with Crippen molar-refractivity contribution in [2.45, 2.75) is 31.4 Å². The third-order valence-electron chi connectivity index (χ3n) is 6.45. The van der Waals surface area contributed by atoms with Gasteiger partial charge in [-0.05, 0) is 60.9 Å². The summed E-state index contributed by atoms with van der Waals surface area (Å²) in [5.74, 6) is -5.22. The summed E-state index contributed by atoms with van der Waals surface area (Å²) in [4.78, 5) is 11.3. The van der Waals surface area contributed by atoms with Gasteiger partial charge in [-0.25, -0.2) is 30.8 Å². The lowest BCUT2D eigenvalue weighted by atomic mass is 10.1. The quantitative estimate of drug-likeness (QED) is 0.210. The van der Waals surface area contributed by atoms with Crippen LogP contribution < -0.4 is 4.74 Å². The van der Waals surface area contributed by atoms with Gasteiger partial charge in [0.1, 0.15) is 12.4 Å². The largest absolute Gasteiger partial charge is 0.489 e. The van der Waals surface area contributed by atoms with Gasteiger partial charge in [0.2, 0.25) is 10.0 Å². The molecule has 0 saturated heterocycles. The van der Waals surface area contributed by atoms with E-state index in [1.165, 1.54) is 43.3 Å². The molecule has 0 aliphatic carbocycles. The highest BCUT2D eigenvalue weighted by atomic mass is 32.2. The zero-order chi connectivity index (χ0) is 29.7. The lowest BCUT2D eigenvalue weighted by Crippen LogP contribution is -2.33. The van der Waals surface area contributed by atoms with Crippen LogP contribution in [0.4, 0.5) is 17.6 Å². The molecule has 0 saturated carbocycles. The minimum absolute atomic E-state index is 0.0432. The van der Waals surface area contributed by atoms with Crippen molar-refractivity contribution in [1.29, 1.82) is 0 Å². The molecule has 0 bridgehead atoms. The molecule has 214 valence electrons. The molecule has 4 aromatic rings. The van der Waals surface area contributed by atoms with Crippen molar-refractivity contribution in [3.8, 4) is 5.75 Å². The van der Waals surface area contributed by atoms with E-state index in [-0.39, 0.29) is 41.2 Å². The fourth-order valence-corrected chi connectivity index (χ4v) is 5.56. The zero-order valence-corrected chi connectivity index (χ0v) is 22.6. The highest BCUT2D eigenvalue weighted by Gasteiger charge is 2.27. The van der Waals surface area contributed by atoms with Gasteiger partial charge >= 0.3 is 5.97 Å². The summed E-state index contributed by atoms with van der Waals surface area (Å²) in [6.45, 7) is 0.677. The number of nitrogens with zero attached hydrogens (tertiary/aromatic N) is 1. The number of carbonyl (C=O) groups is 1. The predicted molar refractivity (Wildman–Crippen MR) is 143 cm³/mol. The Bertz CT molecular complexity index is 1680. The second kappa shape index (κ2) is 12.5. The maximum absolute atomic E-state index is 14.5. The van der Waals surface area contributed by atoms with Crippen molar-refractivity contribution in [3.63, 3.8) is 0 Å². The number of aryl methyl sites for hydroxylation is 1. The standard InChI is InChI=1S/C30H25F4NO5S/c1-19-8-13-24(16-25(19)30(36)37)41(38,39)35(17-21-4-2-6-26(31)28(21)33)15-14-20-9-11-23(12-10-20)40-18-22-5-3-7-27(32)29(22)34/h2-13,16H,14-15,17-18H2,1H3,(H,36,37). The van der Waals surface area contributed by atoms with Crippen molar-refractivity contribution in [1.82, 2.24) is 4.31 Å². The molecule has 4 aromatic carbocycles. The fourth-order valence-electron chi connectivity index (χ4n) is 4.11. The summed E-state index contributed by atoms with van der Waals surface area (Å²) in [6, 6.07) is 17.4. The van der Waals surface area contributed by atoms with E-state index in [1.807, 2.05) is 0 Å². The highest BCUT2D eigenvalue weighted by Crippen LogP contribution is 2.24. The number of halogens is 4. The maximum Gasteiger partial charge on any atom is 0.335 e. The molecule has 0 radical (unpaired) electrons. The number of sulfonamides is 1. The van der Waals surface area contributed by atoms with Gasteiger partial charge in [-0.3, -0.25) is 0 Å². The maximum atomic E-state index is 14.5. The van der Waals surface area contributed by atoms with Gasteiger partial charge in [-0.2, -0.15) is 4.31 Å². The topological polar surface area (TPSA) is 83.9 Å². The first-order chi connectivity index (χ1) is 19.5. The number of rotatable bonds is 11. The van der Waals surface area contributed by atoms with Crippen molar-refractivity contribution in [3.05, 3.63) is 130 Å². The number of hydrogen-bond donors (Lipinski definition) is 1. The van der Waals surface area contributed by atoms with Gasteiger partial charge in [-0.15, -0.1) is 0 Å². The Morgan fingerprint density at radius 1 is 0.854 bits per heavy atom. The van der Waals surface area contributed by atoms with E-state index in [2.05, 4.69) is 0 Å². The summed E-state index contributed by atoms with van der Waals surface area (Å²) >= 11 is 0. The average Bonchev–Trinajstić information content (AvgIpc) is 2.94. The molecule has 1 N–H and O–H groups in total. The molecule has 0 aliphatic rings. The number of benzene rings is 4. The Kier molecular flexibility index (Phi) is 9.09. The first kappa shape index (κ1) is 29.8. The molecule has 4 rings (SSSR count). The highest BCUT2D eigenvalue weighted by molar-refractivity contribution is 7.89. The van der Waals surface area contributed by atoms with Gasteiger partial charge < -0.3 is 9.84 Å². The van der Waals surface area contributed by atoms with Crippen molar-refractivity contribution < 1.29 is 40.6 Å². The smallest absolute Gasteiger partial charge is 0.335 e.